The van der Waals surface area contributed by atoms with Crippen LogP contribution in [0.15, 0.2) is 28.3 Å². The number of thioether (sulfide) groups is 1. The molecule has 0 bridgehead atoms. The first kappa shape index (κ1) is 21.2. The zero-order valence-corrected chi connectivity index (χ0v) is 17.5. The predicted octanol–water partition coefficient (Wildman–Crippen LogP) is 3.00. The van der Waals surface area contributed by atoms with E-state index in [2.05, 4.69) is 4.98 Å². The Hall–Kier alpha value is -1.12. The molecule has 0 aliphatic heterocycles. The van der Waals surface area contributed by atoms with Crippen molar-refractivity contribution in [2.24, 2.45) is 0 Å². The van der Waals surface area contributed by atoms with Crippen LogP contribution in [-0.4, -0.2) is 60.4 Å². The summed E-state index contributed by atoms with van der Waals surface area (Å²) in [6.07, 6.45) is 6.59. The number of carbonyl (C=O) groups is 1. The van der Waals surface area contributed by atoms with E-state index in [1.165, 1.54) is 28.7 Å². The van der Waals surface area contributed by atoms with E-state index in [4.69, 9.17) is 0 Å². The van der Waals surface area contributed by atoms with Crippen molar-refractivity contribution in [2.75, 3.05) is 25.9 Å². The number of amides is 1. The van der Waals surface area contributed by atoms with Crippen molar-refractivity contribution in [1.82, 2.24) is 14.2 Å². The van der Waals surface area contributed by atoms with Gasteiger partial charge in [-0.2, -0.15) is 4.31 Å². The average molecular weight is 400 g/mol. The number of nitrogens with zero attached hydrogens (tertiary/aromatic N) is 3. The van der Waals surface area contributed by atoms with Gasteiger partial charge in [0.25, 0.3) is 0 Å². The third-order valence-corrected chi connectivity index (χ3v) is 7.76. The molecule has 0 unspecified atom stereocenters. The van der Waals surface area contributed by atoms with Crippen molar-refractivity contribution in [1.29, 1.82) is 0 Å². The van der Waals surface area contributed by atoms with Gasteiger partial charge in [0.15, 0.2) is 0 Å². The zero-order chi connectivity index (χ0) is 19.2. The van der Waals surface area contributed by atoms with Gasteiger partial charge in [-0.05, 0) is 38.8 Å². The van der Waals surface area contributed by atoms with Gasteiger partial charge in [-0.15, -0.1) is 0 Å². The minimum absolute atomic E-state index is 0.0653. The summed E-state index contributed by atoms with van der Waals surface area (Å²) in [6, 6.07) is 3.35. The number of aromatic nitrogens is 1. The van der Waals surface area contributed by atoms with Crippen molar-refractivity contribution < 1.29 is 13.2 Å². The Morgan fingerprint density at radius 3 is 2.38 bits per heavy atom. The summed E-state index contributed by atoms with van der Waals surface area (Å²) in [5.74, 6) is 0.374. The van der Waals surface area contributed by atoms with Crippen molar-refractivity contribution in [3.8, 4) is 0 Å². The summed E-state index contributed by atoms with van der Waals surface area (Å²) in [5.41, 5.74) is 0. The minimum atomic E-state index is -3.52. The molecule has 6 nitrogen and oxygen atoms in total. The minimum Gasteiger partial charge on any atom is -0.343 e. The monoisotopic (exact) mass is 399 g/mol. The van der Waals surface area contributed by atoms with E-state index in [1.807, 2.05) is 13.8 Å². The molecule has 1 amide bonds. The fourth-order valence-corrected chi connectivity index (χ4v) is 5.32. The van der Waals surface area contributed by atoms with Gasteiger partial charge in [-0.1, -0.05) is 31.0 Å². The lowest BCUT2D eigenvalue weighted by Gasteiger charge is -2.30. The van der Waals surface area contributed by atoms with Crippen LogP contribution in [0.25, 0.3) is 0 Å². The molecule has 8 heteroatoms. The molecule has 1 aliphatic rings. The van der Waals surface area contributed by atoms with Gasteiger partial charge in [0.1, 0.15) is 4.90 Å². The molecule has 2 rings (SSSR count). The van der Waals surface area contributed by atoms with Gasteiger partial charge in [0.05, 0.1) is 10.8 Å². The van der Waals surface area contributed by atoms with Crippen molar-refractivity contribution in [2.45, 2.75) is 61.9 Å². The molecule has 0 saturated heterocycles. The molecule has 1 fully saturated rings. The summed E-state index contributed by atoms with van der Waals surface area (Å²) in [5, 5.41) is 0.657. The Balaban J connectivity index is 2.00. The van der Waals surface area contributed by atoms with Crippen LogP contribution in [0.3, 0.4) is 0 Å². The van der Waals surface area contributed by atoms with Crippen LogP contribution in [0.5, 0.6) is 0 Å². The van der Waals surface area contributed by atoms with Crippen molar-refractivity contribution in [3.63, 3.8) is 0 Å². The number of hydrogen-bond donors (Lipinski definition) is 0. The van der Waals surface area contributed by atoms with Gasteiger partial charge >= 0.3 is 0 Å². The Kier molecular flexibility index (Phi) is 7.91. The Morgan fingerprint density at radius 1 is 1.19 bits per heavy atom. The third kappa shape index (κ3) is 5.20. The molecule has 0 atom stereocenters. The van der Waals surface area contributed by atoms with E-state index >= 15 is 0 Å². The van der Waals surface area contributed by atoms with Crippen LogP contribution < -0.4 is 0 Å². The van der Waals surface area contributed by atoms with Gasteiger partial charge in [0.2, 0.25) is 15.9 Å². The summed E-state index contributed by atoms with van der Waals surface area (Å²) < 4.78 is 27.1. The van der Waals surface area contributed by atoms with Crippen LogP contribution in [0, 0.1) is 0 Å². The number of rotatable bonds is 8. The van der Waals surface area contributed by atoms with E-state index in [0.29, 0.717) is 23.9 Å². The molecule has 1 aliphatic carbocycles. The Labute approximate surface area is 161 Å². The van der Waals surface area contributed by atoms with Crippen LogP contribution in [0.2, 0.25) is 0 Å². The van der Waals surface area contributed by atoms with Crippen molar-refractivity contribution >= 4 is 27.7 Å². The molecule has 1 saturated carbocycles. The molecule has 0 aromatic carbocycles. The van der Waals surface area contributed by atoms with E-state index in [9.17, 15) is 13.2 Å². The molecule has 0 radical (unpaired) electrons. The van der Waals surface area contributed by atoms with Crippen LogP contribution in [0.4, 0.5) is 0 Å². The second kappa shape index (κ2) is 9.71. The lowest BCUT2D eigenvalue weighted by Crippen LogP contribution is -2.38. The topological polar surface area (TPSA) is 70.6 Å². The summed E-state index contributed by atoms with van der Waals surface area (Å²) in [6.45, 7) is 5.28. The van der Waals surface area contributed by atoms with Gasteiger partial charge < -0.3 is 4.90 Å². The van der Waals surface area contributed by atoms with Crippen LogP contribution in [-0.2, 0) is 14.8 Å². The maximum Gasteiger partial charge on any atom is 0.244 e. The highest BCUT2D eigenvalue weighted by Gasteiger charge is 2.29. The summed E-state index contributed by atoms with van der Waals surface area (Å²) in [7, 11) is -1.86. The Bertz CT molecular complexity index is 682. The maximum atomic E-state index is 12.8. The maximum absolute atomic E-state index is 12.8. The SMILES string of the molecule is CCN(CC)C(=O)CSc1ccc(S(=O)(=O)N(C)C2CCCCC2)cn1. The normalized spacial score (nSPS) is 16.0. The quantitative estimate of drug-likeness (QED) is 0.629. The lowest BCUT2D eigenvalue weighted by atomic mass is 9.96. The summed E-state index contributed by atoms with van der Waals surface area (Å²) in [4.78, 5) is 18.3. The highest BCUT2D eigenvalue weighted by Crippen LogP contribution is 2.27. The largest absolute Gasteiger partial charge is 0.343 e. The second-order valence-corrected chi connectivity index (χ2v) is 9.49. The average Bonchev–Trinajstić information content (AvgIpc) is 2.67. The fourth-order valence-electron chi connectivity index (χ4n) is 3.22. The lowest BCUT2D eigenvalue weighted by molar-refractivity contribution is -0.127. The Morgan fingerprint density at radius 2 is 1.85 bits per heavy atom. The highest BCUT2D eigenvalue weighted by molar-refractivity contribution is 7.99. The van der Waals surface area contributed by atoms with Gasteiger partial charge in [-0.25, -0.2) is 13.4 Å². The number of pyridine rings is 1. The van der Waals surface area contributed by atoms with Crippen molar-refractivity contribution in [3.05, 3.63) is 18.3 Å². The predicted molar refractivity (Wildman–Crippen MR) is 105 cm³/mol. The standard InChI is InChI=1S/C18H29N3O3S2/c1-4-21(5-2)18(22)14-25-17-12-11-16(13-19-17)26(23,24)20(3)15-9-7-6-8-10-15/h11-13,15H,4-10,14H2,1-3H3. The van der Waals surface area contributed by atoms with Crippen LogP contribution >= 0.6 is 11.8 Å². The number of sulfonamides is 1. The fraction of sp³-hybridized carbons (Fsp3) is 0.667. The van der Waals surface area contributed by atoms with Crippen LogP contribution in [0.1, 0.15) is 46.0 Å². The van der Waals surface area contributed by atoms with E-state index in [-0.39, 0.29) is 16.8 Å². The number of hydrogen-bond acceptors (Lipinski definition) is 5. The molecule has 26 heavy (non-hydrogen) atoms. The molecule has 1 aromatic heterocycles. The molecule has 0 N–H and O–H groups in total. The molecular formula is C18H29N3O3S2. The van der Waals surface area contributed by atoms with Gasteiger partial charge in [-0.3, -0.25) is 4.79 Å². The molecule has 1 aromatic rings. The third-order valence-electron chi connectivity index (χ3n) is 4.93. The first-order valence-electron chi connectivity index (χ1n) is 9.24. The smallest absolute Gasteiger partial charge is 0.244 e. The van der Waals surface area contributed by atoms with E-state index in [0.717, 1.165) is 25.7 Å². The number of carbonyl (C=O) groups excluding carboxylic acids is 1. The molecular weight excluding hydrogens is 370 g/mol. The highest BCUT2D eigenvalue weighted by atomic mass is 32.2. The summed E-state index contributed by atoms with van der Waals surface area (Å²) >= 11 is 1.33. The molecule has 146 valence electrons. The first-order valence-corrected chi connectivity index (χ1v) is 11.7. The van der Waals surface area contributed by atoms with Gasteiger partial charge in [0, 0.05) is 32.4 Å². The molecule has 1 heterocycles. The van der Waals surface area contributed by atoms with E-state index in [1.54, 1.807) is 24.1 Å². The van der Waals surface area contributed by atoms with E-state index < -0.39 is 10.0 Å². The molecule has 0 spiro atoms. The zero-order valence-electron chi connectivity index (χ0n) is 15.8. The first-order chi connectivity index (χ1) is 12.4. The second-order valence-electron chi connectivity index (χ2n) is 6.50.